The third kappa shape index (κ3) is 8.15. The van der Waals surface area contributed by atoms with Gasteiger partial charge in [-0.05, 0) is 84.4 Å². The lowest BCUT2D eigenvalue weighted by molar-refractivity contribution is 0.622. The van der Waals surface area contributed by atoms with Crippen LogP contribution in [0.1, 0.15) is 65.1 Å². The summed E-state index contributed by atoms with van der Waals surface area (Å²) in [6, 6.07) is 33.7. The number of allylic oxidation sites excluding steroid dienone is 2. The average molecular weight is 489 g/mol. The second kappa shape index (κ2) is 13.6. The summed E-state index contributed by atoms with van der Waals surface area (Å²) >= 11 is 0. The van der Waals surface area contributed by atoms with Crippen LogP contribution in [0, 0.1) is 5.82 Å². The first-order valence-corrected chi connectivity index (χ1v) is 13.4. The lowest BCUT2D eigenvalue weighted by Gasteiger charge is -2.12. The molecule has 0 radical (unpaired) electrons. The molecule has 0 aliphatic rings. The molecule has 0 aliphatic carbocycles. The molecule has 0 fully saturated rings. The van der Waals surface area contributed by atoms with Crippen LogP contribution in [0.25, 0.3) is 12.2 Å². The Morgan fingerprint density at radius 3 is 2.00 bits per heavy atom. The summed E-state index contributed by atoms with van der Waals surface area (Å²) in [5.41, 5.74) is 8.07. The topological polar surface area (TPSA) is 0 Å². The zero-order valence-electron chi connectivity index (χ0n) is 22.0. The molecule has 0 aliphatic heterocycles. The van der Waals surface area contributed by atoms with Gasteiger partial charge in [0.2, 0.25) is 0 Å². The number of hydrogen-bond acceptors (Lipinski definition) is 0. The fourth-order valence-corrected chi connectivity index (χ4v) is 4.64. The van der Waals surface area contributed by atoms with Crippen molar-refractivity contribution in [1.29, 1.82) is 0 Å². The molecule has 0 aromatic heterocycles. The maximum Gasteiger partial charge on any atom is 0.130 e. The highest BCUT2D eigenvalue weighted by atomic mass is 19.1. The van der Waals surface area contributed by atoms with Crippen LogP contribution in [0.3, 0.4) is 0 Å². The highest BCUT2D eigenvalue weighted by Crippen LogP contribution is 2.21. The van der Waals surface area contributed by atoms with Crippen molar-refractivity contribution in [1.82, 2.24) is 0 Å². The number of halogens is 1. The van der Waals surface area contributed by atoms with Crippen LogP contribution in [-0.2, 0) is 25.7 Å². The number of aryl methyl sites for hydroxylation is 3. The Bertz CT molecular complexity index is 1300. The summed E-state index contributed by atoms with van der Waals surface area (Å²) in [6.45, 7) is 4.33. The molecule has 0 saturated carbocycles. The molecule has 0 bridgehead atoms. The molecule has 37 heavy (non-hydrogen) atoms. The summed E-state index contributed by atoms with van der Waals surface area (Å²) in [4.78, 5) is 0. The van der Waals surface area contributed by atoms with Crippen molar-refractivity contribution in [2.24, 2.45) is 0 Å². The smallest absolute Gasteiger partial charge is 0.130 e. The van der Waals surface area contributed by atoms with Crippen LogP contribution < -0.4 is 0 Å². The van der Waals surface area contributed by atoms with Gasteiger partial charge in [-0.3, -0.25) is 0 Å². The number of benzene rings is 4. The molecule has 4 rings (SSSR count). The maximum atomic E-state index is 14.8. The van der Waals surface area contributed by atoms with E-state index in [1.165, 1.54) is 22.3 Å². The van der Waals surface area contributed by atoms with E-state index in [9.17, 15) is 4.39 Å². The Morgan fingerprint density at radius 2 is 1.30 bits per heavy atom. The van der Waals surface area contributed by atoms with Crippen LogP contribution in [0.5, 0.6) is 0 Å². The summed E-state index contributed by atoms with van der Waals surface area (Å²) in [5, 5.41) is 0. The van der Waals surface area contributed by atoms with Gasteiger partial charge in [0.1, 0.15) is 5.82 Å². The summed E-state index contributed by atoms with van der Waals surface area (Å²) in [7, 11) is 0. The SMILES string of the molecule is CC=CCCc1ccc(C=Cc2ccc(CCc3ccc(C[C@H](C)c4ccccc4)cc3)cc2F)cc1. The van der Waals surface area contributed by atoms with Gasteiger partial charge in [-0.1, -0.05) is 122 Å². The Kier molecular flexibility index (Phi) is 9.66. The van der Waals surface area contributed by atoms with Crippen molar-refractivity contribution >= 4 is 12.2 Å². The van der Waals surface area contributed by atoms with Crippen LogP contribution >= 0.6 is 0 Å². The normalized spacial score (nSPS) is 12.4. The van der Waals surface area contributed by atoms with E-state index in [0.29, 0.717) is 11.5 Å². The first-order valence-electron chi connectivity index (χ1n) is 13.4. The Labute approximate surface area is 222 Å². The summed E-state index contributed by atoms with van der Waals surface area (Å²) < 4.78 is 14.8. The van der Waals surface area contributed by atoms with Crippen molar-refractivity contribution in [2.75, 3.05) is 0 Å². The van der Waals surface area contributed by atoms with Crippen molar-refractivity contribution < 1.29 is 4.39 Å². The van der Waals surface area contributed by atoms with E-state index in [1.807, 2.05) is 31.2 Å². The fourth-order valence-electron chi connectivity index (χ4n) is 4.64. The van der Waals surface area contributed by atoms with Crippen LogP contribution in [0.15, 0.2) is 109 Å². The van der Waals surface area contributed by atoms with E-state index in [0.717, 1.165) is 43.2 Å². The number of hydrogen-bond donors (Lipinski definition) is 0. The molecule has 0 nitrogen and oxygen atoms in total. The van der Waals surface area contributed by atoms with E-state index in [1.54, 1.807) is 6.07 Å². The zero-order chi connectivity index (χ0) is 25.9. The minimum Gasteiger partial charge on any atom is -0.206 e. The molecule has 0 N–H and O–H groups in total. The standard InChI is InChI=1S/C36H37F/c1-3-4-6-9-29-12-14-31(15-13-29)22-24-35-25-23-33(27-36(35)37)21-18-30-16-19-32(20-17-30)26-28(2)34-10-7-5-8-11-34/h3-5,7-8,10-17,19-20,22-25,27-28H,6,9,18,21,26H2,1-2H3/t28-/m0/s1. The lowest BCUT2D eigenvalue weighted by atomic mass is 9.93. The first kappa shape index (κ1) is 26.4. The monoisotopic (exact) mass is 488 g/mol. The van der Waals surface area contributed by atoms with Gasteiger partial charge in [0.05, 0.1) is 0 Å². The number of rotatable bonds is 11. The summed E-state index contributed by atoms with van der Waals surface area (Å²) in [6.07, 6.45) is 13.0. The highest BCUT2D eigenvalue weighted by molar-refractivity contribution is 5.70. The molecule has 0 heterocycles. The molecule has 188 valence electrons. The molecule has 0 spiro atoms. The quantitative estimate of drug-likeness (QED) is 0.146. The molecule has 4 aromatic rings. The molecule has 0 unspecified atom stereocenters. The zero-order valence-corrected chi connectivity index (χ0v) is 22.0. The first-order chi connectivity index (χ1) is 18.1. The van der Waals surface area contributed by atoms with Crippen LogP contribution in [-0.4, -0.2) is 0 Å². The van der Waals surface area contributed by atoms with Gasteiger partial charge in [-0.15, -0.1) is 0 Å². The van der Waals surface area contributed by atoms with Gasteiger partial charge < -0.3 is 0 Å². The second-order valence-corrected chi connectivity index (χ2v) is 9.87. The summed E-state index contributed by atoms with van der Waals surface area (Å²) in [5.74, 6) is 0.331. The second-order valence-electron chi connectivity index (χ2n) is 9.87. The fraction of sp³-hybridized carbons (Fsp3) is 0.222. The molecular weight excluding hydrogens is 451 g/mol. The van der Waals surface area contributed by atoms with E-state index < -0.39 is 0 Å². The Hall–Kier alpha value is -3.71. The predicted molar refractivity (Wildman–Crippen MR) is 157 cm³/mol. The van der Waals surface area contributed by atoms with E-state index >= 15 is 0 Å². The van der Waals surface area contributed by atoms with E-state index in [2.05, 4.69) is 97.9 Å². The Balaban J connectivity index is 1.29. The lowest BCUT2D eigenvalue weighted by Crippen LogP contribution is -1.99. The molecular formula is C36H37F. The predicted octanol–water partition coefficient (Wildman–Crippen LogP) is 9.64. The molecule has 1 atom stereocenters. The Morgan fingerprint density at radius 1 is 0.676 bits per heavy atom. The van der Waals surface area contributed by atoms with E-state index in [4.69, 9.17) is 0 Å². The third-order valence-electron chi connectivity index (χ3n) is 6.97. The van der Waals surface area contributed by atoms with Crippen molar-refractivity contribution in [3.8, 4) is 0 Å². The van der Waals surface area contributed by atoms with Gasteiger partial charge in [-0.2, -0.15) is 0 Å². The van der Waals surface area contributed by atoms with Gasteiger partial charge in [0.15, 0.2) is 0 Å². The molecule has 4 aromatic carbocycles. The minimum absolute atomic E-state index is 0.165. The van der Waals surface area contributed by atoms with Crippen LogP contribution in [0.2, 0.25) is 0 Å². The van der Waals surface area contributed by atoms with Crippen molar-refractivity contribution in [2.45, 2.75) is 51.9 Å². The van der Waals surface area contributed by atoms with Gasteiger partial charge in [0.25, 0.3) is 0 Å². The van der Waals surface area contributed by atoms with Gasteiger partial charge in [0, 0.05) is 5.56 Å². The van der Waals surface area contributed by atoms with Gasteiger partial charge in [-0.25, -0.2) is 4.39 Å². The molecule has 0 amide bonds. The third-order valence-corrected chi connectivity index (χ3v) is 6.97. The van der Waals surface area contributed by atoms with Gasteiger partial charge >= 0.3 is 0 Å². The van der Waals surface area contributed by atoms with Crippen LogP contribution in [0.4, 0.5) is 4.39 Å². The molecule has 0 saturated heterocycles. The maximum absolute atomic E-state index is 14.8. The van der Waals surface area contributed by atoms with Crippen molar-refractivity contribution in [3.63, 3.8) is 0 Å². The van der Waals surface area contributed by atoms with Crippen molar-refractivity contribution in [3.05, 3.63) is 154 Å². The minimum atomic E-state index is -0.165. The van der Waals surface area contributed by atoms with E-state index in [-0.39, 0.29) is 5.82 Å². The molecule has 1 heteroatoms. The largest absolute Gasteiger partial charge is 0.206 e. The average Bonchev–Trinajstić information content (AvgIpc) is 2.93. The highest BCUT2D eigenvalue weighted by Gasteiger charge is 2.07.